The molecular formula is C17H17ClN2. The normalized spacial score (nSPS) is 14.4. The first kappa shape index (κ1) is 13.3. The van der Waals surface area contributed by atoms with Gasteiger partial charge in [-0.05, 0) is 49.4 Å². The van der Waals surface area contributed by atoms with Gasteiger partial charge in [0.15, 0.2) is 0 Å². The van der Waals surface area contributed by atoms with Crippen LogP contribution in [-0.2, 0) is 12.8 Å². The number of benzene rings is 1. The van der Waals surface area contributed by atoms with Gasteiger partial charge in [0, 0.05) is 11.1 Å². The van der Waals surface area contributed by atoms with E-state index >= 15 is 0 Å². The molecule has 0 atom stereocenters. The third kappa shape index (κ3) is 2.46. The molecule has 0 unspecified atom stereocenters. The van der Waals surface area contributed by atoms with Crippen molar-refractivity contribution in [3.8, 4) is 12.3 Å². The molecule has 2 aromatic rings. The van der Waals surface area contributed by atoms with E-state index in [4.69, 9.17) is 23.0 Å². The number of aryl methyl sites for hydroxylation is 2. The Bertz CT molecular complexity index is 685. The lowest BCUT2D eigenvalue weighted by Crippen LogP contribution is -2.02. The summed E-state index contributed by atoms with van der Waals surface area (Å²) in [6.45, 7) is 0.468. The summed E-state index contributed by atoms with van der Waals surface area (Å²) in [4.78, 5) is 4.84. The summed E-state index contributed by atoms with van der Waals surface area (Å²) >= 11 is 6.30. The molecule has 0 spiro atoms. The number of hydrogen-bond donors (Lipinski definition) is 1. The molecule has 0 bridgehead atoms. The van der Waals surface area contributed by atoms with Crippen LogP contribution in [0.1, 0.15) is 30.5 Å². The monoisotopic (exact) mass is 284 g/mol. The number of nitrogens with one attached hydrogen (secondary N) is 1. The fraction of sp³-hybridized carbons (Fsp3) is 0.353. The lowest BCUT2D eigenvalue weighted by atomic mass is 10.0. The second-order valence-electron chi connectivity index (χ2n) is 5.20. The highest BCUT2D eigenvalue weighted by Crippen LogP contribution is 2.33. The Balaban J connectivity index is 2.16. The van der Waals surface area contributed by atoms with Gasteiger partial charge in [-0.1, -0.05) is 23.9 Å². The van der Waals surface area contributed by atoms with Crippen molar-refractivity contribution in [1.82, 2.24) is 4.98 Å². The van der Waals surface area contributed by atoms with E-state index in [0.29, 0.717) is 11.6 Å². The fourth-order valence-electron chi connectivity index (χ4n) is 2.84. The summed E-state index contributed by atoms with van der Waals surface area (Å²) in [5, 5.41) is 4.99. The molecule has 1 aromatic heterocycles. The highest BCUT2D eigenvalue weighted by atomic mass is 35.5. The largest absolute Gasteiger partial charge is 0.372 e. The number of anilines is 1. The minimum Gasteiger partial charge on any atom is -0.372 e. The molecule has 1 aliphatic rings. The summed E-state index contributed by atoms with van der Waals surface area (Å²) in [5.74, 6) is 2.59. The van der Waals surface area contributed by atoms with E-state index in [-0.39, 0.29) is 0 Å². The van der Waals surface area contributed by atoms with Crippen molar-refractivity contribution in [3.63, 3.8) is 0 Å². The SMILES string of the molecule is C#CCNc1c(Cl)ccc2nc3c(cc12)CCCCC3. The Morgan fingerprint density at radius 2 is 2.10 bits per heavy atom. The minimum atomic E-state index is 0.468. The number of rotatable bonds is 2. The van der Waals surface area contributed by atoms with Crippen LogP contribution in [0, 0.1) is 12.3 Å². The van der Waals surface area contributed by atoms with E-state index in [2.05, 4.69) is 17.3 Å². The Labute approximate surface area is 124 Å². The molecule has 3 rings (SSSR count). The molecule has 0 saturated carbocycles. The zero-order valence-corrected chi connectivity index (χ0v) is 12.1. The van der Waals surface area contributed by atoms with E-state index < -0.39 is 0 Å². The highest BCUT2D eigenvalue weighted by Gasteiger charge is 2.13. The first-order valence-electron chi connectivity index (χ1n) is 7.08. The van der Waals surface area contributed by atoms with Crippen molar-refractivity contribution in [3.05, 3.63) is 34.5 Å². The van der Waals surface area contributed by atoms with E-state index in [9.17, 15) is 0 Å². The van der Waals surface area contributed by atoms with Crippen LogP contribution in [0.2, 0.25) is 5.02 Å². The lowest BCUT2D eigenvalue weighted by molar-refractivity contribution is 0.709. The average Bonchev–Trinajstić information content (AvgIpc) is 2.69. The number of halogens is 1. The summed E-state index contributed by atoms with van der Waals surface area (Å²) in [6, 6.07) is 6.12. The van der Waals surface area contributed by atoms with Gasteiger partial charge in [-0.3, -0.25) is 4.98 Å². The second-order valence-corrected chi connectivity index (χ2v) is 5.61. The van der Waals surface area contributed by atoms with Crippen molar-refractivity contribution in [2.75, 3.05) is 11.9 Å². The Hall–Kier alpha value is -1.72. The first-order chi connectivity index (χ1) is 9.79. The van der Waals surface area contributed by atoms with Crippen LogP contribution in [0.4, 0.5) is 5.69 Å². The summed E-state index contributed by atoms with van der Waals surface area (Å²) in [6.07, 6.45) is 11.3. The fourth-order valence-corrected chi connectivity index (χ4v) is 3.07. The van der Waals surface area contributed by atoms with Crippen molar-refractivity contribution in [1.29, 1.82) is 0 Å². The van der Waals surface area contributed by atoms with Crippen LogP contribution < -0.4 is 5.32 Å². The van der Waals surface area contributed by atoms with E-state index in [1.165, 1.54) is 30.5 Å². The van der Waals surface area contributed by atoms with E-state index in [1.807, 2.05) is 12.1 Å². The molecule has 20 heavy (non-hydrogen) atoms. The number of terminal acetylenes is 1. The van der Waals surface area contributed by atoms with Gasteiger partial charge in [-0.15, -0.1) is 6.42 Å². The summed E-state index contributed by atoms with van der Waals surface area (Å²) in [5.41, 5.74) is 4.51. The number of fused-ring (bicyclic) bond motifs is 2. The number of aromatic nitrogens is 1. The number of pyridine rings is 1. The highest BCUT2D eigenvalue weighted by molar-refractivity contribution is 6.34. The maximum absolute atomic E-state index is 6.30. The van der Waals surface area contributed by atoms with Crippen LogP contribution in [0.25, 0.3) is 10.9 Å². The first-order valence-corrected chi connectivity index (χ1v) is 7.46. The van der Waals surface area contributed by atoms with Gasteiger partial charge in [0.05, 0.1) is 22.8 Å². The molecule has 0 fully saturated rings. The van der Waals surface area contributed by atoms with Crippen LogP contribution >= 0.6 is 11.6 Å². The van der Waals surface area contributed by atoms with Crippen LogP contribution in [0.3, 0.4) is 0 Å². The smallest absolute Gasteiger partial charge is 0.0764 e. The average molecular weight is 285 g/mol. The maximum Gasteiger partial charge on any atom is 0.0764 e. The molecule has 102 valence electrons. The van der Waals surface area contributed by atoms with Gasteiger partial charge in [0.1, 0.15) is 0 Å². The standard InChI is InChI=1S/C17H17ClN2/c1-2-10-19-17-13-11-12-6-4-3-5-7-15(12)20-16(13)9-8-14(17)18/h1,8-9,11,19H,3-7,10H2. The molecule has 1 N–H and O–H groups in total. The molecular weight excluding hydrogens is 268 g/mol. The van der Waals surface area contributed by atoms with Gasteiger partial charge in [0.25, 0.3) is 0 Å². The number of nitrogens with zero attached hydrogens (tertiary/aromatic N) is 1. The molecule has 1 heterocycles. The summed E-state index contributed by atoms with van der Waals surface area (Å²) < 4.78 is 0. The lowest BCUT2D eigenvalue weighted by Gasteiger charge is -2.13. The topological polar surface area (TPSA) is 24.9 Å². The van der Waals surface area contributed by atoms with Gasteiger partial charge in [0.2, 0.25) is 0 Å². The van der Waals surface area contributed by atoms with Gasteiger partial charge in [-0.2, -0.15) is 0 Å². The molecule has 1 aliphatic carbocycles. The Morgan fingerprint density at radius 3 is 2.95 bits per heavy atom. The third-order valence-corrected chi connectivity index (χ3v) is 4.16. The minimum absolute atomic E-state index is 0.468. The quantitative estimate of drug-likeness (QED) is 0.660. The van der Waals surface area contributed by atoms with Gasteiger partial charge < -0.3 is 5.32 Å². The van der Waals surface area contributed by atoms with E-state index in [0.717, 1.165) is 29.4 Å². The molecule has 0 saturated heterocycles. The zero-order valence-electron chi connectivity index (χ0n) is 11.4. The molecule has 0 radical (unpaired) electrons. The molecule has 3 heteroatoms. The predicted octanol–water partition coefficient (Wildman–Crippen LogP) is 4.20. The van der Waals surface area contributed by atoms with Crippen LogP contribution in [0.5, 0.6) is 0 Å². The third-order valence-electron chi connectivity index (χ3n) is 3.84. The van der Waals surface area contributed by atoms with Crippen LogP contribution in [-0.4, -0.2) is 11.5 Å². The van der Waals surface area contributed by atoms with Crippen molar-refractivity contribution in [2.45, 2.75) is 32.1 Å². The Kier molecular flexibility index (Phi) is 3.80. The van der Waals surface area contributed by atoms with E-state index in [1.54, 1.807) is 0 Å². The van der Waals surface area contributed by atoms with Crippen LogP contribution in [0.15, 0.2) is 18.2 Å². The van der Waals surface area contributed by atoms with Crippen molar-refractivity contribution < 1.29 is 0 Å². The number of hydrogen-bond acceptors (Lipinski definition) is 2. The molecule has 1 aromatic carbocycles. The van der Waals surface area contributed by atoms with Gasteiger partial charge >= 0.3 is 0 Å². The maximum atomic E-state index is 6.30. The van der Waals surface area contributed by atoms with Gasteiger partial charge in [-0.25, -0.2) is 0 Å². The Morgan fingerprint density at radius 1 is 1.25 bits per heavy atom. The second kappa shape index (κ2) is 5.73. The molecule has 0 aliphatic heterocycles. The molecule has 0 amide bonds. The van der Waals surface area contributed by atoms with Crippen molar-refractivity contribution >= 4 is 28.2 Å². The predicted molar refractivity (Wildman–Crippen MR) is 85.3 cm³/mol. The molecule has 2 nitrogen and oxygen atoms in total. The summed E-state index contributed by atoms with van der Waals surface area (Å²) in [7, 11) is 0. The zero-order chi connectivity index (χ0) is 13.9. The van der Waals surface area contributed by atoms with Crippen molar-refractivity contribution in [2.24, 2.45) is 0 Å².